The lowest BCUT2D eigenvalue weighted by Crippen LogP contribution is -2.34. The van der Waals surface area contributed by atoms with Crippen molar-refractivity contribution in [3.8, 4) is 28.0 Å². The van der Waals surface area contributed by atoms with Gasteiger partial charge < -0.3 is 4.74 Å². The van der Waals surface area contributed by atoms with E-state index in [2.05, 4.69) is 11.8 Å². The Balaban J connectivity index is 1.75. The summed E-state index contributed by atoms with van der Waals surface area (Å²) in [6.07, 6.45) is 0. The second-order valence-corrected chi connectivity index (χ2v) is 7.32. The van der Waals surface area contributed by atoms with Crippen LogP contribution >= 0.6 is 11.3 Å². The van der Waals surface area contributed by atoms with E-state index in [-0.39, 0.29) is 28.4 Å². The van der Waals surface area contributed by atoms with Crippen LogP contribution in [0.15, 0.2) is 66.0 Å². The molecule has 0 fully saturated rings. The highest BCUT2D eigenvalue weighted by molar-refractivity contribution is 7.69. The molecule has 3 rings (SSSR count). The second kappa shape index (κ2) is 9.85. The third kappa shape index (κ3) is 5.00. The van der Waals surface area contributed by atoms with E-state index in [9.17, 15) is 14.2 Å². The van der Waals surface area contributed by atoms with Crippen molar-refractivity contribution in [2.45, 2.75) is 6.92 Å². The Morgan fingerprint density at radius 1 is 1.14 bits per heavy atom. The van der Waals surface area contributed by atoms with Crippen LogP contribution in [0.4, 0.5) is 5.69 Å². The van der Waals surface area contributed by atoms with Crippen LogP contribution < -0.4 is 9.80 Å². The SMILES string of the molecule is CC#CCOc1ccc(N(O)C(=O)C(=S=O)c2ccc(-c3cccs3)cc2)cc1. The summed E-state index contributed by atoms with van der Waals surface area (Å²) >= 11 is 1.66. The Morgan fingerprint density at radius 2 is 1.86 bits per heavy atom. The average molecular weight is 424 g/mol. The number of ether oxygens (including phenoxy) is 1. The number of hydrogen-bond donors (Lipinski definition) is 1. The van der Waals surface area contributed by atoms with Crippen LogP contribution in [-0.2, 0) is 16.1 Å². The van der Waals surface area contributed by atoms with E-state index in [1.54, 1.807) is 42.5 Å². The molecule has 0 saturated heterocycles. The van der Waals surface area contributed by atoms with Crippen molar-refractivity contribution in [3.63, 3.8) is 0 Å². The molecule has 5 nitrogen and oxygen atoms in total. The van der Waals surface area contributed by atoms with E-state index < -0.39 is 5.91 Å². The molecule has 29 heavy (non-hydrogen) atoms. The summed E-state index contributed by atoms with van der Waals surface area (Å²) in [5.41, 5.74) is 1.67. The van der Waals surface area contributed by atoms with Crippen molar-refractivity contribution in [2.75, 3.05) is 11.7 Å². The number of hydrogen-bond acceptors (Lipinski definition) is 5. The van der Waals surface area contributed by atoms with Crippen molar-refractivity contribution in [2.24, 2.45) is 0 Å². The summed E-state index contributed by atoms with van der Waals surface area (Å²) in [5, 5.41) is 12.8. The fourth-order valence-corrected chi connectivity index (χ4v) is 3.65. The first-order valence-electron chi connectivity index (χ1n) is 8.61. The first-order valence-corrected chi connectivity index (χ1v) is 10.2. The molecule has 2 aromatic carbocycles. The largest absolute Gasteiger partial charge is 0.481 e. The maximum atomic E-state index is 12.7. The van der Waals surface area contributed by atoms with Crippen LogP contribution in [0.2, 0.25) is 0 Å². The molecule has 0 atom stereocenters. The molecule has 0 saturated carbocycles. The van der Waals surface area contributed by atoms with Gasteiger partial charge in [0.2, 0.25) is 0 Å². The first kappa shape index (κ1) is 20.6. The van der Waals surface area contributed by atoms with Gasteiger partial charge in [0.05, 0.1) is 5.69 Å². The molecule has 1 amide bonds. The maximum absolute atomic E-state index is 12.7. The van der Waals surface area contributed by atoms with Crippen molar-refractivity contribution < 1.29 is 18.9 Å². The Hall–Kier alpha value is -3.18. The van der Waals surface area contributed by atoms with Gasteiger partial charge in [-0.3, -0.25) is 10.0 Å². The lowest BCUT2D eigenvalue weighted by molar-refractivity contribution is -0.116. The van der Waals surface area contributed by atoms with E-state index in [1.165, 1.54) is 12.1 Å². The normalized spacial score (nSPS) is 9.86. The quantitative estimate of drug-likeness (QED) is 0.214. The molecule has 0 aliphatic rings. The van der Waals surface area contributed by atoms with Gasteiger partial charge in [-0.2, -0.15) is 5.06 Å². The summed E-state index contributed by atoms with van der Waals surface area (Å²) < 4.78 is 17.0. The molecule has 146 valence electrons. The van der Waals surface area contributed by atoms with Gasteiger partial charge in [-0.15, -0.1) is 17.3 Å². The van der Waals surface area contributed by atoms with Crippen molar-refractivity contribution in [1.29, 1.82) is 0 Å². The van der Waals surface area contributed by atoms with Crippen molar-refractivity contribution >= 4 is 39.1 Å². The Kier molecular flexibility index (Phi) is 6.98. The van der Waals surface area contributed by atoms with Crippen molar-refractivity contribution in [3.05, 3.63) is 71.6 Å². The molecular weight excluding hydrogens is 406 g/mol. The fraction of sp³-hybridized carbons (Fsp3) is 0.0909. The van der Waals surface area contributed by atoms with Gasteiger partial charge in [0.1, 0.15) is 28.5 Å². The smallest absolute Gasteiger partial charge is 0.295 e. The number of amides is 1. The van der Waals surface area contributed by atoms with E-state index in [1.807, 2.05) is 29.6 Å². The molecule has 3 aromatic rings. The van der Waals surface area contributed by atoms with Gasteiger partial charge in [0.25, 0.3) is 5.91 Å². The average Bonchev–Trinajstić information content (AvgIpc) is 3.30. The number of benzene rings is 2. The summed E-state index contributed by atoms with van der Waals surface area (Å²) in [7, 11) is 0. The third-order valence-electron chi connectivity index (χ3n) is 3.99. The number of rotatable bonds is 6. The molecule has 0 radical (unpaired) electrons. The molecule has 0 unspecified atom stereocenters. The molecule has 7 heteroatoms. The maximum Gasteiger partial charge on any atom is 0.295 e. The second-order valence-electron chi connectivity index (χ2n) is 5.79. The molecule has 1 N–H and O–H groups in total. The van der Waals surface area contributed by atoms with Crippen molar-refractivity contribution in [1.82, 2.24) is 0 Å². The minimum Gasteiger partial charge on any atom is -0.481 e. The zero-order chi connectivity index (χ0) is 20.6. The van der Waals surface area contributed by atoms with Crippen LogP contribution in [0.25, 0.3) is 10.4 Å². The Morgan fingerprint density at radius 3 is 2.45 bits per heavy atom. The number of anilines is 1. The Bertz CT molecular complexity index is 1090. The van der Waals surface area contributed by atoms with Crippen LogP contribution in [0.1, 0.15) is 12.5 Å². The Labute approximate surface area is 176 Å². The number of thiophene rings is 1. The van der Waals surface area contributed by atoms with E-state index >= 15 is 0 Å². The zero-order valence-electron chi connectivity index (χ0n) is 15.5. The highest BCUT2D eigenvalue weighted by Gasteiger charge is 2.21. The molecule has 0 bridgehead atoms. The third-order valence-corrected chi connectivity index (χ3v) is 5.49. The van der Waals surface area contributed by atoms with Gasteiger partial charge in [-0.25, -0.2) is 4.21 Å². The molecule has 1 aromatic heterocycles. The minimum atomic E-state index is -0.792. The van der Waals surface area contributed by atoms with E-state index in [0.29, 0.717) is 16.4 Å². The van der Waals surface area contributed by atoms with Crippen LogP contribution in [-0.4, -0.2) is 26.8 Å². The fourth-order valence-electron chi connectivity index (χ4n) is 2.52. The summed E-state index contributed by atoms with van der Waals surface area (Å²) in [4.78, 5) is 13.7. The highest BCUT2D eigenvalue weighted by Crippen LogP contribution is 2.25. The standard InChI is InChI=1S/C22H17NO4S2/c1-2-3-14-27-19-12-10-18(11-13-19)23(25)22(24)21(29-26)17-8-6-16(7-9-17)20-5-4-15-28-20/h4-13,15,25H,14H2,1H3. The predicted octanol–water partition coefficient (Wildman–Crippen LogP) is 3.97. The number of carbonyl (C=O) groups is 1. The number of hydroxylamine groups is 1. The van der Waals surface area contributed by atoms with Crippen LogP contribution in [0, 0.1) is 11.8 Å². The van der Waals surface area contributed by atoms with Gasteiger partial charge in [0, 0.05) is 10.4 Å². The molecule has 0 spiro atoms. The summed E-state index contributed by atoms with van der Waals surface area (Å²) in [5.74, 6) is 5.27. The summed E-state index contributed by atoms with van der Waals surface area (Å²) in [6.45, 7) is 1.98. The van der Waals surface area contributed by atoms with Gasteiger partial charge >= 0.3 is 0 Å². The first-order chi connectivity index (χ1) is 14.1. The lowest BCUT2D eigenvalue weighted by Gasteiger charge is -2.16. The topological polar surface area (TPSA) is 66.8 Å². The molecular formula is C22H17NO4S2. The zero-order valence-corrected chi connectivity index (χ0v) is 17.1. The molecule has 1 heterocycles. The lowest BCUT2D eigenvalue weighted by atomic mass is 10.1. The summed E-state index contributed by atoms with van der Waals surface area (Å²) in [6, 6.07) is 17.3. The van der Waals surface area contributed by atoms with Gasteiger partial charge in [-0.05, 0) is 48.2 Å². The predicted molar refractivity (Wildman–Crippen MR) is 117 cm³/mol. The number of nitrogens with zero attached hydrogens (tertiary/aromatic N) is 1. The van der Waals surface area contributed by atoms with E-state index in [0.717, 1.165) is 10.4 Å². The highest BCUT2D eigenvalue weighted by atomic mass is 32.1. The monoisotopic (exact) mass is 423 g/mol. The van der Waals surface area contributed by atoms with E-state index in [4.69, 9.17) is 4.74 Å². The van der Waals surface area contributed by atoms with Crippen LogP contribution in [0.3, 0.4) is 0 Å². The van der Waals surface area contributed by atoms with Gasteiger partial charge in [-0.1, -0.05) is 36.3 Å². The van der Waals surface area contributed by atoms with Gasteiger partial charge in [0.15, 0.2) is 0 Å². The minimum absolute atomic E-state index is 0.0524. The molecule has 0 aliphatic carbocycles. The number of carbonyl (C=O) groups excluding carboxylic acids is 1. The molecule has 0 aliphatic heterocycles. The van der Waals surface area contributed by atoms with Crippen LogP contribution in [0.5, 0.6) is 5.75 Å².